The van der Waals surface area contributed by atoms with E-state index in [0.717, 1.165) is 12.8 Å². The molecule has 3 aliphatic heterocycles. The highest BCUT2D eigenvalue weighted by molar-refractivity contribution is 9.09. The second kappa shape index (κ2) is 15.0. The van der Waals surface area contributed by atoms with Crippen molar-refractivity contribution in [1.29, 1.82) is 0 Å². The van der Waals surface area contributed by atoms with Crippen molar-refractivity contribution in [2.75, 3.05) is 19.7 Å². The Morgan fingerprint density at radius 3 is 2.58 bits per heavy atom. The summed E-state index contributed by atoms with van der Waals surface area (Å²) in [7, 11) is 0. The van der Waals surface area contributed by atoms with Gasteiger partial charge in [-0.25, -0.2) is 0 Å². The fourth-order valence-corrected chi connectivity index (χ4v) is 8.03. The highest BCUT2D eigenvalue weighted by atomic mass is 79.9. The number of amides is 3. The molecule has 246 valence electrons. The highest BCUT2D eigenvalue weighted by Gasteiger charge is 2.77. The Hall–Kier alpha value is -3.02. The van der Waals surface area contributed by atoms with Crippen molar-refractivity contribution < 1.29 is 33.8 Å². The minimum atomic E-state index is -1.28. The number of aliphatic hydroxyl groups is 1. The van der Waals surface area contributed by atoms with Gasteiger partial charge in [0.05, 0.1) is 36.6 Å². The molecular formula is C34H46BrN3O7. The maximum Gasteiger partial charge on any atom is 0.313 e. The maximum atomic E-state index is 14.3. The number of benzene rings is 1. The second-order valence-electron chi connectivity index (χ2n) is 12.3. The predicted octanol–water partition coefficient (Wildman–Crippen LogP) is 3.69. The summed E-state index contributed by atoms with van der Waals surface area (Å²) in [6.07, 6.45) is 4.53. The van der Waals surface area contributed by atoms with Crippen molar-refractivity contribution in [3.63, 3.8) is 0 Å². The molecule has 0 aromatic heterocycles. The lowest BCUT2D eigenvalue weighted by Crippen LogP contribution is -2.58. The molecule has 45 heavy (non-hydrogen) atoms. The number of esters is 1. The van der Waals surface area contributed by atoms with E-state index in [1.54, 1.807) is 30.9 Å². The summed E-state index contributed by atoms with van der Waals surface area (Å²) < 4.78 is 12.8. The van der Waals surface area contributed by atoms with E-state index in [9.17, 15) is 24.3 Å². The Morgan fingerprint density at radius 2 is 1.96 bits per heavy atom. The van der Waals surface area contributed by atoms with Gasteiger partial charge in [0.25, 0.3) is 0 Å². The molecule has 0 aliphatic carbocycles. The number of hydrogen-bond acceptors (Lipinski definition) is 7. The minimum Gasteiger partial charge on any atom is -0.455 e. The van der Waals surface area contributed by atoms with Crippen molar-refractivity contribution in [2.24, 2.45) is 11.8 Å². The summed E-state index contributed by atoms with van der Waals surface area (Å²) in [6, 6.07) is 6.86. The van der Waals surface area contributed by atoms with E-state index in [-0.39, 0.29) is 29.7 Å². The van der Waals surface area contributed by atoms with Gasteiger partial charge in [-0.2, -0.15) is 0 Å². The molecule has 3 aliphatic rings. The van der Waals surface area contributed by atoms with Crippen molar-refractivity contribution >= 4 is 39.6 Å². The van der Waals surface area contributed by atoms with Crippen LogP contribution in [0.3, 0.4) is 0 Å². The van der Waals surface area contributed by atoms with E-state index in [1.807, 2.05) is 37.3 Å². The summed E-state index contributed by atoms with van der Waals surface area (Å²) >= 11 is 3.69. The number of alkyl halides is 1. The number of nitrogens with one attached hydrogen (secondary N) is 1. The number of carbonyl (C=O) groups excluding carboxylic acids is 4. The fraction of sp³-hybridized carbons (Fsp3) is 0.588. The number of ether oxygens (including phenoxy) is 2. The van der Waals surface area contributed by atoms with E-state index >= 15 is 0 Å². The molecule has 4 rings (SSSR count). The standard InChI is InChI=1S/C34H46BrN3O7/c1-6-9-16-25(40)36-22(5)28(23-14-12-11-13-15-23)44-33(43)26-27-31(41)38(21(4)20-39)30(34(27)19-24(35)29(26)45-34)32(42)37(17-8-3)18-10-7-2/h6,8,11-15,21-22,24,26-30,39H,1,3,7,9-10,16-20H2,2,4-5H3,(H,36,40)/t21-,22+,24?,26+,27-,28+,29+,30+,34-/m1/s1. The van der Waals surface area contributed by atoms with Gasteiger partial charge in [0.1, 0.15) is 17.7 Å². The number of rotatable bonds is 16. The molecule has 3 fully saturated rings. The van der Waals surface area contributed by atoms with Crippen LogP contribution in [0.2, 0.25) is 0 Å². The second-order valence-corrected chi connectivity index (χ2v) is 13.5. The Bertz CT molecular complexity index is 1260. The quantitative estimate of drug-likeness (QED) is 0.154. The molecule has 3 amide bonds. The molecule has 10 nitrogen and oxygen atoms in total. The molecule has 0 saturated carbocycles. The molecule has 3 saturated heterocycles. The third-order valence-corrected chi connectivity index (χ3v) is 10.0. The zero-order chi connectivity index (χ0) is 32.9. The number of aliphatic hydroxyl groups excluding tert-OH is 1. The zero-order valence-corrected chi connectivity index (χ0v) is 28.0. The molecule has 0 radical (unpaired) electrons. The minimum absolute atomic E-state index is 0.199. The van der Waals surface area contributed by atoms with Gasteiger partial charge in [0.2, 0.25) is 17.7 Å². The average Bonchev–Trinajstić information content (AvgIpc) is 3.63. The SMILES string of the molecule is C=CCCC(=O)N[C@@H](C)[C@H](OC(=O)[C@@H]1[C@H]2O[C@@]3(CC2Br)[C@H](C(=O)N(CC=C)CCCC)N([C@H](C)CO)C(=O)[C@@H]13)c1ccccc1. The van der Waals surface area contributed by atoms with Crippen LogP contribution in [-0.4, -0.2) is 93.0 Å². The maximum absolute atomic E-state index is 14.3. The normalized spacial score (nSPS) is 28.6. The Balaban J connectivity index is 1.69. The van der Waals surface area contributed by atoms with Crippen LogP contribution in [0.4, 0.5) is 0 Å². The van der Waals surface area contributed by atoms with Crippen LogP contribution in [0.15, 0.2) is 55.6 Å². The van der Waals surface area contributed by atoms with Crippen molar-refractivity contribution in [3.8, 4) is 0 Å². The number of nitrogens with zero attached hydrogens (tertiary/aromatic N) is 2. The molecule has 9 atom stereocenters. The molecule has 3 heterocycles. The lowest BCUT2D eigenvalue weighted by molar-refractivity contribution is -0.162. The number of halogens is 1. The van der Waals surface area contributed by atoms with Gasteiger partial charge in [-0.05, 0) is 38.7 Å². The summed E-state index contributed by atoms with van der Waals surface area (Å²) in [5, 5.41) is 13.1. The van der Waals surface area contributed by atoms with E-state index in [1.165, 1.54) is 4.90 Å². The van der Waals surface area contributed by atoms with Crippen LogP contribution < -0.4 is 5.32 Å². The third-order valence-electron chi connectivity index (χ3n) is 9.20. The molecule has 11 heteroatoms. The van der Waals surface area contributed by atoms with Crippen molar-refractivity contribution in [1.82, 2.24) is 15.1 Å². The molecule has 2 bridgehead atoms. The molecule has 2 N–H and O–H groups in total. The van der Waals surface area contributed by atoms with E-state index in [2.05, 4.69) is 34.4 Å². The number of hydrogen-bond donors (Lipinski definition) is 2. The molecule has 1 aromatic rings. The Labute approximate surface area is 274 Å². The van der Waals surface area contributed by atoms with E-state index in [0.29, 0.717) is 31.5 Å². The zero-order valence-electron chi connectivity index (χ0n) is 26.4. The van der Waals surface area contributed by atoms with Crippen LogP contribution in [0.25, 0.3) is 0 Å². The largest absolute Gasteiger partial charge is 0.455 e. The first kappa shape index (κ1) is 34.8. The van der Waals surface area contributed by atoms with Gasteiger partial charge >= 0.3 is 5.97 Å². The lowest BCUT2D eigenvalue weighted by Gasteiger charge is -2.38. The van der Waals surface area contributed by atoms with Crippen LogP contribution in [0.5, 0.6) is 0 Å². The number of unbranched alkanes of at least 4 members (excludes halogenated alkanes) is 1. The number of carbonyl (C=O) groups is 4. The first-order valence-corrected chi connectivity index (χ1v) is 16.8. The first-order valence-electron chi connectivity index (χ1n) is 15.9. The first-order chi connectivity index (χ1) is 21.6. The monoisotopic (exact) mass is 687 g/mol. The van der Waals surface area contributed by atoms with Crippen LogP contribution in [0.1, 0.15) is 64.5 Å². The summed E-state index contributed by atoms with van der Waals surface area (Å²) in [5.41, 5.74) is -0.590. The van der Waals surface area contributed by atoms with Gasteiger partial charge in [-0.15, -0.1) is 13.2 Å². The van der Waals surface area contributed by atoms with Crippen LogP contribution >= 0.6 is 15.9 Å². The summed E-state index contributed by atoms with van der Waals surface area (Å²) in [4.78, 5) is 58.2. The summed E-state index contributed by atoms with van der Waals surface area (Å²) in [6.45, 7) is 13.4. The molecule has 1 unspecified atom stereocenters. The lowest BCUT2D eigenvalue weighted by atomic mass is 9.70. The van der Waals surface area contributed by atoms with Gasteiger partial charge in [-0.1, -0.05) is 71.8 Å². The number of fused-ring (bicyclic) bond motifs is 1. The predicted molar refractivity (Wildman–Crippen MR) is 173 cm³/mol. The fourth-order valence-electron chi connectivity index (χ4n) is 7.09. The molecule has 1 aromatic carbocycles. The highest BCUT2D eigenvalue weighted by Crippen LogP contribution is 2.61. The average molecular weight is 689 g/mol. The van der Waals surface area contributed by atoms with Crippen LogP contribution in [-0.2, 0) is 28.7 Å². The van der Waals surface area contributed by atoms with Gasteiger partial charge in [0.15, 0.2) is 0 Å². The number of allylic oxidation sites excluding steroid dienone is 1. The Morgan fingerprint density at radius 1 is 1.24 bits per heavy atom. The molecule has 1 spiro atoms. The van der Waals surface area contributed by atoms with Gasteiger partial charge in [0, 0.05) is 24.3 Å². The van der Waals surface area contributed by atoms with Crippen molar-refractivity contribution in [2.45, 2.75) is 93.6 Å². The molecular weight excluding hydrogens is 642 g/mol. The van der Waals surface area contributed by atoms with Crippen molar-refractivity contribution in [3.05, 3.63) is 61.2 Å². The smallest absolute Gasteiger partial charge is 0.313 e. The van der Waals surface area contributed by atoms with E-state index in [4.69, 9.17) is 9.47 Å². The number of likely N-dealkylation sites (tertiary alicyclic amines) is 1. The Kier molecular flexibility index (Phi) is 11.7. The topological polar surface area (TPSA) is 125 Å². The van der Waals surface area contributed by atoms with Gasteiger partial charge < -0.3 is 29.7 Å². The van der Waals surface area contributed by atoms with E-state index < -0.39 is 59.6 Å². The third kappa shape index (κ3) is 6.76. The summed E-state index contributed by atoms with van der Waals surface area (Å²) in [5.74, 6) is -3.50. The van der Waals surface area contributed by atoms with Crippen LogP contribution in [0, 0.1) is 11.8 Å². The van der Waals surface area contributed by atoms with Gasteiger partial charge in [-0.3, -0.25) is 19.2 Å².